The first kappa shape index (κ1) is 26.9. The zero-order valence-electron chi connectivity index (χ0n) is 19.5. The minimum atomic E-state index is -1.40. The highest BCUT2D eigenvalue weighted by Crippen LogP contribution is 2.46. The van der Waals surface area contributed by atoms with Crippen LogP contribution in [0.15, 0.2) is 50.6 Å². The van der Waals surface area contributed by atoms with Crippen molar-refractivity contribution in [1.29, 1.82) is 0 Å². The number of rotatable bonds is 11. The molecule has 2 aliphatic rings. The van der Waals surface area contributed by atoms with Crippen molar-refractivity contribution in [2.75, 3.05) is 18.6 Å². The molecule has 1 aromatic heterocycles. The number of hydrogen-bond acceptors (Lipinski definition) is 12. The van der Waals surface area contributed by atoms with Gasteiger partial charge in [-0.05, 0) is 29.0 Å². The van der Waals surface area contributed by atoms with E-state index in [0.717, 1.165) is 0 Å². The first-order valence-corrected chi connectivity index (χ1v) is 13.9. The van der Waals surface area contributed by atoms with Crippen LogP contribution in [0.1, 0.15) is 6.42 Å². The average Bonchev–Trinajstić information content (AvgIpc) is 3.29. The molecule has 2 aromatic rings. The van der Waals surface area contributed by atoms with Crippen LogP contribution in [0.3, 0.4) is 0 Å². The van der Waals surface area contributed by atoms with Gasteiger partial charge in [0.05, 0.1) is 15.7 Å². The van der Waals surface area contributed by atoms with Gasteiger partial charge in [0.25, 0.3) is 11.6 Å². The number of aryl methyl sites for hydroxylation is 1. The Morgan fingerprint density at radius 1 is 1.41 bits per heavy atom. The minimum absolute atomic E-state index is 0.0851. The van der Waals surface area contributed by atoms with Crippen molar-refractivity contribution in [2.45, 2.75) is 33.3 Å². The van der Waals surface area contributed by atoms with E-state index in [4.69, 9.17) is 4.74 Å². The number of aromatic nitrogens is 4. The molecule has 1 aromatic carbocycles. The lowest BCUT2D eigenvalue weighted by atomic mass is 10.0. The molecule has 1 saturated heterocycles. The highest BCUT2D eigenvalue weighted by atomic mass is 32.2. The number of aliphatic imine (C=N–C) groups is 1. The first-order valence-electron chi connectivity index (χ1n) is 10.7. The second kappa shape index (κ2) is 11.5. The summed E-state index contributed by atoms with van der Waals surface area (Å²) in [4.78, 5) is 41.3. The van der Waals surface area contributed by atoms with Crippen molar-refractivity contribution in [1.82, 2.24) is 25.1 Å². The average molecular weight is 568 g/mol. The third-order valence-corrected chi connectivity index (χ3v) is 9.35. The first-order chi connectivity index (χ1) is 17.7. The molecular weight excluding hydrogens is 546 g/mol. The van der Waals surface area contributed by atoms with E-state index in [2.05, 4.69) is 20.5 Å². The fourth-order valence-corrected chi connectivity index (χ4v) is 7.15. The topological polar surface area (TPSA) is 183 Å². The number of nitro groups is 1. The number of tetrazole rings is 1. The molecule has 1 N–H and O–H groups in total. The molecule has 1 amide bonds. The number of carbonyl (C=O) groups excluding carboxylic acids is 1. The molecule has 2 aliphatic heterocycles. The number of thioether (sulfide) groups is 2. The summed E-state index contributed by atoms with van der Waals surface area (Å²) in [7, 11) is 1.64. The number of aliphatic carboxylic acids is 1. The Hall–Kier alpha value is -3.15. The Balaban J connectivity index is 1.51. The Morgan fingerprint density at radius 3 is 2.73 bits per heavy atom. The van der Waals surface area contributed by atoms with Gasteiger partial charge in [0.2, 0.25) is 5.16 Å². The van der Waals surface area contributed by atoms with Crippen LogP contribution < -0.4 is 0 Å². The van der Waals surface area contributed by atoms with Crippen molar-refractivity contribution in [2.24, 2.45) is 12.0 Å². The summed E-state index contributed by atoms with van der Waals surface area (Å²) in [5.41, 5.74) is 0.191. The summed E-state index contributed by atoms with van der Waals surface area (Å²) >= 11 is 2.51. The Morgan fingerprint density at radius 2 is 2.14 bits per heavy atom. The van der Waals surface area contributed by atoms with Crippen molar-refractivity contribution in [3.63, 3.8) is 0 Å². The Bertz CT molecular complexity index is 1300. The number of carbonyl (C=O) groups is 2. The molecule has 4 atom stereocenters. The summed E-state index contributed by atoms with van der Waals surface area (Å²) in [5, 5.41) is 31.3. The largest absolute Gasteiger partial charge is 0.477 e. The van der Waals surface area contributed by atoms with E-state index >= 15 is 0 Å². The maximum absolute atomic E-state index is 12.6. The van der Waals surface area contributed by atoms with Gasteiger partial charge in [-0.25, -0.2) is 9.48 Å². The molecule has 0 bridgehead atoms. The number of ether oxygens (including phenoxy) is 1. The van der Waals surface area contributed by atoms with Crippen LogP contribution in [-0.4, -0.2) is 92.9 Å². The van der Waals surface area contributed by atoms with Crippen molar-refractivity contribution in [3.05, 3.63) is 45.6 Å². The van der Waals surface area contributed by atoms with Gasteiger partial charge in [-0.15, -0.1) is 16.9 Å². The predicted octanol–water partition coefficient (Wildman–Crippen LogP) is 1.07. The second-order valence-corrected chi connectivity index (χ2v) is 11.4. The van der Waals surface area contributed by atoms with Crippen LogP contribution in [0.4, 0.5) is 5.69 Å². The zero-order chi connectivity index (χ0) is 26.7. The Labute approximate surface area is 221 Å². The summed E-state index contributed by atoms with van der Waals surface area (Å²) in [6.07, 6.45) is 1.12. The van der Waals surface area contributed by atoms with Crippen LogP contribution in [0.2, 0.25) is 0 Å². The van der Waals surface area contributed by atoms with Gasteiger partial charge in [0.1, 0.15) is 16.4 Å². The number of nitrogens with zero attached hydrogens (tertiary/aromatic N) is 7. The van der Waals surface area contributed by atoms with Gasteiger partial charge < -0.3 is 9.84 Å². The summed E-state index contributed by atoms with van der Waals surface area (Å²) in [6.45, 7) is 0. The maximum atomic E-state index is 12.6. The van der Waals surface area contributed by atoms with Gasteiger partial charge in [0.15, 0.2) is 6.10 Å². The predicted molar refractivity (Wildman–Crippen MR) is 134 cm³/mol. The van der Waals surface area contributed by atoms with E-state index in [-0.39, 0.29) is 22.9 Å². The lowest BCUT2D eigenvalue weighted by Gasteiger charge is -2.49. The van der Waals surface area contributed by atoms with Crippen LogP contribution in [-0.2, 0) is 32.2 Å². The Kier molecular flexibility index (Phi) is 8.35. The van der Waals surface area contributed by atoms with Crippen molar-refractivity contribution >= 4 is 58.1 Å². The number of β-lactam (4-membered cyclic amide) rings is 1. The van der Waals surface area contributed by atoms with E-state index in [0.29, 0.717) is 22.0 Å². The SMILES string of the molecule is CO[C@@H]1C(=O)N2C(C(=O)O)=C(CSc3nnnn3C)C(N=CCCS(=O)c3ccc([N+](=O)[O-])cc3)S[C@@H]12. The van der Waals surface area contributed by atoms with Gasteiger partial charge in [-0.1, -0.05) is 11.8 Å². The fraction of sp³-hybridized carbons (Fsp3) is 0.400. The number of methoxy groups -OCH3 is 1. The molecule has 17 heteroatoms. The third kappa shape index (κ3) is 5.58. The number of fused-ring (bicyclic) bond motifs is 1. The summed E-state index contributed by atoms with van der Waals surface area (Å²) in [6, 6.07) is 5.50. The summed E-state index contributed by atoms with van der Waals surface area (Å²) in [5.74, 6) is -1.29. The highest BCUT2D eigenvalue weighted by molar-refractivity contribution is 8.01. The normalized spacial score (nSPS) is 22.2. The van der Waals surface area contributed by atoms with E-state index in [1.54, 1.807) is 13.3 Å². The second-order valence-electron chi connectivity index (χ2n) is 7.72. The summed E-state index contributed by atoms with van der Waals surface area (Å²) < 4.78 is 19.3. The number of amides is 1. The number of nitro benzene ring substituents is 1. The molecule has 0 aliphatic carbocycles. The van der Waals surface area contributed by atoms with Gasteiger partial charge >= 0.3 is 5.97 Å². The molecule has 0 spiro atoms. The zero-order valence-corrected chi connectivity index (χ0v) is 21.9. The standard InChI is InChI=1S/C20H21N7O7S3/c1-25-20(22-23-24-25)35-10-13-14(19(29)30)26-17(28)15(34-2)18(26)36-16(13)21-8-3-9-37(33)12-6-4-11(5-7-12)27(31)32/h4-8,15-16,18H,3,9-10H2,1-2H3,(H,29,30)/t15-,16?,18+,37?/m1/s1. The van der Waals surface area contributed by atoms with Gasteiger partial charge in [-0.3, -0.25) is 29.0 Å². The maximum Gasteiger partial charge on any atom is 0.352 e. The molecule has 2 unspecified atom stereocenters. The van der Waals surface area contributed by atoms with E-state index in [1.165, 1.54) is 64.5 Å². The van der Waals surface area contributed by atoms with Crippen LogP contribution in [0, 0.1) is 10.1 Å². The number of non-ortho nitro benzene ring substituents is 1. The molecule has 1 fully saturated rings. The smallest absolute Gasteiger partial charge is 0.352 e. The fourth-order valence-electron chi connectivity index (χ4n) is 3.67. The molecule has 0 radical (unpaired) electrons. The van der Waals surface area contributed by atoms with Crippen molar-refractivity contribution in [3.8, 4) is 0 Å². The number of hydrogen-bond donors (Lipinski definition) is 1. The van der Waals surface area contributed by atoms with Crippen LogP contribution in [0.5, 0.6) is 0 Å². The van der Waals surface area contributed by atoms with E-state index < -0.39 is 44.5 Å². The molecular formula is C20H21N7O7S3. The third-order valence-electron chi connectivity index (χ3n) is 5.48. The lowest BCUT2D eigenvalue weighted by Crippen LogP contribution is -2.66. The molecule has 196 valence electrons. The van der Waals surface area contributed by atoms with Crippen molar-refractivity contribution < 1.29 is 28.6 Å². The monoisotopic (exact) mass is 567 g/mol. The number of carboxylic acid groups (broad SMARTS) is 1. The quantitative estimate of drug-likeness (QED) is 0.134. The van der Waals surface area contributed by atoms with Gasteiger partial charge in [-0.2, -0.15) is 0 Å². The van der Waals surface area contributed by atoms with Gasteiger partial charge in [0, 0.05) is 54.5 Å². The van der Waals surface area contributed by atoms with Crippen LogP contribution >= 0.6 is 23.5 Å². The molecule has 0 saturated carbocycles. The van der Waals surface area contributed by atoms with Crippen LogP contribution in [0.25, 0.3) is 0 Å². The van der Waals surface area contributed by atoms with E-state index in [9.17, 15) is 29.0 Å². The number of carboxylic acids is 1. The molecule has 4 rings (SSSR count). The number of benzene rings is 1. The minimum Gasteiger partial charge on any atom is -0.477 e. The molecule has 14 nitrogen and oxygen atoms in total. The lowest BCUT2D eigenvalue weighted by molar-refractivity contribution is -0.384. The molecule has 3 heterocycles. The van der Waals surface area contributed by atoms with E-state index in [1.807, 2.05) is 0 Å². The molecule has 37 heavy (non-hydrogen) atoms. The highest BCUT2D eigenvalue weighted by Gasteiger charge is 2.56.